The van der Waals surface area contributed by atoms with E-state index in [9.17, 15) is 4.79 Å². The fourth-order valence-corrected chi connectivity index (χ4v) is 0.610. The van der Waals surface area contributed by atoms with Crippen LogP contribution in [0.5, 0.6) is 0 Å². The Bertz CT molecular complexity index is 261. The lowest BCUT2D eigenvalue weighted by atomic mass is 10.4. The smallest absolute Gasteiger partial charge is 0.360 e. The van der Waals surface area contributed by atoms with E-state index < -0.39 is 5.97 Å². The van der Waals surface area contributed by atoms with Gasteiger partial charge < -0.3 is 15.0 Å². The Kier molecular flexibility index (Phi) is 4.31. The molecule has 2 N–H and O–H groups in total. The molecular formula is C6H9ClN2O3. The minimum atomic E-state index is -0.520. The van der Waals surface area contributed by atoms with Crippen LogP contribution >= 0.6 is 12.4 Å². The zero-order valence-corrected chi connectivity index (χ0v) is 7.26. The summed E-state index contributed by atoms with van der Waals surface area (Å²) in [4.78, 5) is 10.8. The number of hydrogen-bond acceptors (Lipinski definition) is 5. The van der Waals surface area contributed by atoms with Gasteiger partial charge in [-0.3, -0.25) is 0 Å². The molecule has 0 radical (unpaired) electrons. The molecule has 0 atom stereocenters. The third kappa shape index (κ3) is 2.21. The second-order valence-corrected chi connectivity index (χ2v) is 1.87. The fraction of sp³-hybridized carbons (Fsp3) is 0.333. The number of esters is 1. The normalized spacial score (nSPS) is 8.83. The first-order valence-electron chi connectivity index (χ1n) is 3.02. The van der Waals surface area contributed by atoms with Crippen molar-refractivity contribution in [3.63, 3.8) is 0 Å². The Morgan fingerprint density at radius 2 is 2.50 bits per heavy atom. The minimum absolute atomic E-state index is 0. The Morgan fingerprint density at radius 1 is 1.83 bits per heavy atom. The van der Waals surface area contributed by atoms with E-state index in [2.05, 4.69) is 14.4 Å². The quantitative estimate of drug-likeness (QED) is 0.684. The number of carbonyl (C=O) groups is 1. The summed E-state index contributed by atoms with van der Waals surface area (Å²) in [5.74, 6) is -0.0566. The van der Waals surface area contributed by atoms with E-state index >= 15 is 0 Å². The van der Waals surface area contributed by atoms with Gasteiger partial charge in [-0.2, -0.15) is 0 Å². The number of nitrogens with zero attached hydrogens (tertiary/aromatic N) is 1. The van der Waals surface area contributed by atoms with Crippen molar-refractivity contribution in [3.8, 4) is 0 Å². The second kappa shape index (κ2) is 4.74. The molecule has 0 fully saturated rings. The number of rotatable bonds is 2. The third-order valence-corrected chi connectivity index (χ3v) is 1.15. The lowest BCUT2D eigenvalue weighted by molar-refractivity contribution is 0.0589. The zero-order chi connectivity index (χ0) is 8.27. The average molecular weight is 193 g/mol. The van der Waals surface area contributed by atoms with E-state index in [1.165, 1.54) is 13.2 Å². The fourth-order valence-electron chi connectivity index (χ4n) is 0.610. The summed E-state index contributed by atoms with van der Waals surface area (Å²) >= 11 is 0. The molecule has 0 spiro atoms. The van der Waals surface area contributed by atoms with Crippen LogP contribution in [0.15, 0.2) is 10.6 Å². The van der Waals surface area contributed by atoms with Crippen molar-refractivity contribution in [1.82, 2.24) is 5.16 Å². The maximum Gasteiger partial charge on any atom is 0.360 e. The Morgan fingerprint density at radius 3 is 2.92 bits per heavy atom. The lowest BCUT2D eigenvalue weighted by Crippen LogP contribution is -2.00. The highest BCUT2D eigenvalue weighted by molar-refractivity contribution is 5.86. The molecule has 0 aliphatic heterocycles. The van der Waals surface area contributed by atoms with Gasteiger partial charge in [-0.1, -0.05) is 5.16 Å². The number of methoxy groups -OCH3 is 1. The van der Waals surface area contributed by atoms with E-state index in [1.807, 2.05) is 0 Å². The summed E-state index contributed by atoms with van der Waals surface area (Å²) in [5, 5.41) is 3.43. The molecule has 0 saturated carbocycles. The van der Waals surface area contributed by atoms with Crippen LogP contribution < -0.4 is 5.73 Å². The molecule has 0 unspecified atom stereocenters. The first kappa shape index (κ1) is 10.9. The number of carbonyl (C=O) groups excluding carboxylic acids is 1. The predicted molar refractivity (Wildman–Crippen MR) is 43.0 cm³/mol. The number of ether oxygens (including phenoxy) is 1. The molecule has 0 amide bonds. The Hall–Kier alpha value is -1.07. The van der Waals surface area contributed by atoms with E-state index in [-0.39, 0.29) is 24.6 Å². The van der Waals surface area contributed by atoms with Crippen molar-refractivity contribution in [2.24, 2.45) is 5.73 Å². The molecule has 6 heteroatoms. The molecule has 0 saturated heterocycles. The van der Waals surface area contributed by atoms with Crippen LogP contribution in [-0.2, 0) is 11.3 Å². The van der Waals surface area contributed by atoms with Crippen molar-refractivity contribution in [2.45, 2.75) is 6.54 Å². The van der Waals surface area contributed by atoms with Gasteiger partial charge >= 0.3 is 5.97 Å². The maximum absolute atomic E-state index is 10.8. The van der Waals surface area contributed by atoms with Crippen molar-refractivity contribution in [1.29, 1.82) is 0 Å². The van der Waals surface area contributed by atoms with Gasteiger partial charge in [0.25, 0.3) is 0 Å². The van der Waals surface area contributed by atoms with E-state index in [0.717, 1.165) is 0 Å². The highest BCUT2D eigenvalue weighted by atomic mass is 35.5. The molecule has 0 bridgehead atoms. The van der Waals surface area contributed by atoms with Gasteiger partial charge in [-0.15, -0.1) is 12.4 Å². The van der Waals surface area contributed by atoms with Gasteiger partial charge in [-0.05, 0) is 0 Å². The van der Waals surface area contributed by atoms with Crippen molar-refractivity contribution >= 4 is 18.4 Å². The summed E-state index contributed by atoms with van der Waals surface area (Å²) < 4.78 is 9.05. The van der Waals surface area contributed by atoms with Crippen molar-refractivity contribution in [3.05, 3.63) is 17.5 Å². The van der Waals surface area contributed by atoms with Crippen LogP contribution in [0.1, 0.15) is 16.2 Å². The molecule has 0 aliphatic rings. The van der Waals surface area contributed by atoms with Crippen LogP contribution in [0.2, 0.25) is 0 Å². The second-order valence-electron chi connectivity index (χ2n) is 1.87. The number of halogens is 1. The maximum atomic E-state index is 10.8. The highest BCUT2D eigenvalue weighted by Gasteiger charge is 2.10. The summed E-state index contributed by atoms with van der Waals surface area (Å²) in [7, 11) is 1.28. The zero-order valence-electron chi connectivity index (χ0n) is 6.44. The van der Waals surface area contributed by atoms with Gasteiger partial charge in [0.2, 0.25) is 0 Å². The van der Waals surface area contributed by atoms with Crippen LogP contribution in [0.3, 0.4) is 0 Å². The average Bonchev–Trinajstić information content (AvgIpc) is 2.50. The SMILES string of the molecule is COC(=O)c1cc(CN)on1.Cl. The molecule has 1 rings (SSSR count). The van der Waals surface area contributed by atoms with Gasteiger partial charge in [0.05, 0.1) is 13.7 Å². The number of aromatic nitrogens is 1. The van der Waals surface area contributed by atoms with Gasteiger partial charge in [0.1, 0.15) is 0 Å². The number of nitrogens with two attached hydrogens (primary N) is 1. The first-order chi connectivity index (χ1) is 5.27. The predicted octanol–water partition coefficient (Wildman–Crippen LogP) is 0.342. The summed E-state index contributed by atoms with van der Waals surface area (Å²) in [6.45, 7) is 0.226. The molecule has 5 nitrogen and oxygen atoms in total. The van der Waals surface area contributed by atoms with E-state index in [4.69, 9.17) is 5.73 Å². The molecule has 12 heavy (non-hydrogen) atoms. The van der Waals surface area contributed by atoms with Crippen molar-refractivity contribution < 1.29 is 14.1 Å². The van der Waals surface area contributed by atoms with Crippen LogP contribution in [0, 0.1) is 0 Å². The Labute approximate surface area is 75.3 Å². The minimum Gasteiger partial charge on any atom is -0.464 e. The highest BCUT2D eigenvalue weighted by Crippen LogP contribution is 2.02. The van der Waals surface area contributed by atoms with Crippen molar-refractivity contribution in [2.75, 3.05) is 7.11 Å². The van der Waals surface area contributed by atoms with Gasteiger partial charge in [0.15, 0.2) is 11.5 Å². The summed E-state index contributed by atoms with van der Waals surface area (Å²) in [5.41, 5.74) is 5.37. The molecule has 0 aliphatic carbocycles. The number of hydrogen-bond donors (Lipinski definition) is 1. The monoisotopic (exact) mass is 192 g/mol. The lowest BCUT2D eigenvalue weighted by Gasteiger charge is -1.88. The molecule has 1 heterocycles. The van der Waals surface area contributed by atoms with E-state index in [1.54, 1.807) is 0 Å². The van der Waals surface area contributed by atoms with Gasteiger partial charge in [0, 0.05) is 6.07 Å². The van der Waals surface area contributed by atoms with E-state index in [0.29, 0.717) is 5.76 Å². The Balaban J connectivity index is 0.00000121. The molecule has 1 aromatic rings. The molecular weight excluding hydrogens is 184 g/mol. The molecule has 1 aromatic heterocycles. The van der Waals surface area contributed by atoms with Gasteiger partial charge in [-0.25, -0.2) is 4.79 Å². The summed E-state index contributed by atoms with van der Waals surface area (Å²) in [6, 6.07) is 1.45. The van der Waals surface area contributed by atoms with Crippen LogP contribution in [-0.4, -0.2) is 18.2 Å². The topological polar surface area (TPSA) is 78.4 Å². The molecule has 68 valence electrons. The first-order valence-corrected chi connectivity index (χ1v) is 3.02. The third-order valence-electron chi connectivity index (χ3n) is 1.15. The standard InChI is InChI=1S/C6H8N2O3.ClH/c1-10-6(9)5-2-4(3-7)11-8-5;/h2H,3,7H2,1H3;1H. The van der Waals surface area contributed by atoms with Crippen LogP contribution in [0.25, 0.3) is 0 Å². The summed E-state index contributed by atoms with van der Waals surface area (Å²) in [6.07, 6.45) is 0. The molecule has 0 aromatic carbocycles. The van der Waals surface area contributed by atoms with Crippen LogP contribution in [0.4, 0.5) is 0 Å². The largest absolute Gasteiger partial charge is 0.464 e.